The molecule has 0 saturated carbocycles. The summed E-state index contributed by atoms with van der Waals surface area (Å²) < 4.78 is 0. The molecule has 1 aromatic rings. The van der Waals surface area contributed by atoms with Crippen molar-refractivity contribution in [3.63, 3.8) is 0 Å². The van der Waals surface area contributed by atoms with Gasteiger partial charge < -0.3 is 15.1 Å². The van der Waals surface area contributed by atoms with Crippen molar-refractivity contribution in [1.82, 2.24) is 15.1 Å². The van der Waals surface area contributed by atoms with E-state index in [-0.39, 0.29) is 29.2 Å². The minimum absolute atomic E-state index is 0.0328. The average molecular weight is 426 g/mol. The molecule has 0 aromatic heterocycles. The van der Waals surface area contributed by atoms with Crippen LogP contribution >= 0.6 is 0 Å². The van der Waals surface area contributed by atoms with E-state index in [1.165, 1.54) is 36.9 Å². The highest BCUT2D eigenvalue weighted by molar-refractivity contribution is 5.89. The second kappa shape index (κ2) is 8.57. The highest BCUT2D eigenvalue weighted by Crippen LogP contribution is 2.48. The van der Waals surface area contributed by atoms with Gasteiger partial charge in [-0.05, 0) is 73.7 Å². The number of hydrogen-bond acceptors (Lipinski definition) is 3. The molecule has 1 spiro atoms. The molecule has 2 aliphatic heterocycles. The van der Waals surface area contributed by atoms with Crippen LogP contribution in [0.5, 0.6) is 0 Å². The quantitative estimate of drug-likeness (QED) is 0.796. The number of carbonyl (C=O) groups excluding carboxylic acids is 2. The molecule has 2 fully saturated rings. The van der Waals surface area contributed by atoms with Crippen LogP contribution in [0.1, 0.15) is 76.5 Å². The van der Waals surface area contributed by atoms with Crippen LogP contribution in [0.2, 0.25) is 0 Å². The Balaban J connectivity index is 1.43. The molecular formula is C26H39N3O2. The summed E-state index contributed by atoms with van der Waals surface area (Å²) >= 11 is 0. The topological polar surface area (TPSA) is 52.7 Å². The van der Waals surface area contributed by atoms with Gasteiger partial charge in [0.05, 0.1) is 12.0 Å². The van der Waals surface area contributed by atoms with Crippen molar-refractivity contribution < 1.29 is 9.59 Å². The Bertz CT molecular complexity index is 820. The number of hydrogen-bond donors (Lipinski definition) is 1. The Morgan fingerprint density at radius 2 is 1.87 bits per heavy atom. The molecule has 0 bridgehead atoms. The molecule has 2 amide bonds. The van der Waals surface area contributed by atoms with Crippen LogP contribution in [0, 0.1) is 11.3 Å². The summed E-state index contributed by atoms with van der Waals surface area (Å²) in [5.74, 6) is -0.113. The molecule has 2 heterocycles. The number of likely N-dealkylation sites (tertiary alicyclic amines) is 2. The zero-order valence-corrected chi connectivity index (χ0v) is 19.7. The first-order chi connectivity index (χ1) is 14.7. The second-order valence-electron chi connectivity index (χ2n) is 11.3. The fourth-order valence-corrected chi connectivity index (χ4v) is 5.69. The van der Waals surface area contributed by atoms with Crippen molar-refractivity contribution in [2.75, 3.05) is 33.2 Å². The van der Waals surface area contributed by atoms with Gasteiger partial charge in [0.2, 0.25) is 11.8 Å². The lowest BCUT2D eigenvalue weighted by Gasteiger charge is -2.47. The van der Waals surface area contributed by atoms with Gasteiger partial charge in [-0.15, -0.1) is 0 Å². The third kappa shape index (κ3) is 4.82. The van der Waals surface area contributed by atoms with Crippen molar-refractivity contribution in [1.29, 1.82) is 0 Å². The van der Waals surface area contributed by atoms with E-state index < -0.39 is 0 Å². The van der Waals surface area contributed by atoms with Gasteiger partial charge in [0.15, 0.2) is 0 Å². The molecular weight excluding hydrogens is 386 g/mol. The minimum atomic E-state index is -0.216. The van der Waals surface area contributed by atoms with Crippen LogP contribution in [0.25, 0.3) is 0 Å². The van der Waals surface area contributed by atoms with Crippen molar-refractivity contribution in [3.05, 3.63) is 35.4 Å². The maximum absolute atomic E-state index is 12.9. The molecule has 170 valence electrons. The lowest BCUT2D eigenvalue weighted by Crippen LogP contribution is -2.47. The van der Waals surface area contributed by atoms with Crippen molar-refractivity contribution >= 4 is 11.8 Å². The zero-order chi connectivity index (χ0) is 22.2. The number of amides is 2. The molecule has 1 unspecified atom stereocenters. The van der Waals surface area contributed by atoms with Gasteiger partial charge in [0.1, 0.15) is 0 Å². The molecule has 5 heteroatoms. The number of rotatable bonds is 4. The Morgan fingerprint density at radius 3 is 2.52 bits per heavy atom. The number of piperidine rings is 1. The maximum atomic E-state index is 12.9. The Morgan fingerprint density at radius 1 is 1.16 bits per heavy atom. The fourth-order valence-electron chi connectivity index (χ4n) is 5.69. The molecule has 31 heavy (non-hydrogen) atoms. The zero-order valence-electron chi connectivity index (χ0n) is 19.7. The van der Waals surface area contributed by atoms with Crippen LogP contribution in [0.15, 0.2) is 24.3 Å². The normalized spacial score (nSPS) is 26.2. The van der Waals surface area contributed by atoms with E-state index in [2.05, 4.69) is 55.3 Å². The molecule has 5 nitrogen and oxygen atoms in total. The van der Waals surface area contributed by atoms with Gasteiger partial charge in [0, 0.05) is 20.0 Å². The summed E-state index contributed by atoms with van der Waals surface area (Å²) in [4.78, 5) is 29.0. The van der Waals surface area contributed by atoms with E-state index in [9.17, 15) is 9.59 Å². The smallest absolute Gasteiger partial charge is 0.225 e. The van der Waals surface area contributed by atoms with Gasteiger partial charge in [-0.2, -0.15) is 0 Å². The van der Waals surface area contributed by atoms with Crippen molar-refractivity contribution in [3.8, 4) is 0 Å². The van der Waals surface area contributed by atoms with Crippen LogP contribution in [-0.2, 0) is 15.0 Å². The monoisotopic (exact) mass is 425 g/mol. The predicted molar refractivity (Wildman–Crippen MR) is 124 cm³/mol. The van der Waals surface area contributed by atoms with E-state index in [0.29, 0.717) is 18.4 Å². The minimum Gasteiger partial charge on any atom is -0.349 e. The van der Waals surface area contributed by atoms with Gasteiger partial charge in [0.25, 0.3) is 0 Å². The van der Waals surface area contributed by atoms with E-state index >= 15 is 0 Å². The Hall–Kier alpha value is -1.88. The summed E-state index contributed by atoms with van der Waals surface area (Å²) in [5, 5.41) is 3.30. The van der Waals surface area contributed by atoms with Gasteiger partial charge in [-0.3, -0.25) is 9.59 Å². The maximum Gasteiger partial charge on any atom is 0.225 e. The van der Waals surface area contributed by atoms with Crippen molar-refractivity contribution in [2.24, 2.45) is 11.3 Å². The molecule has 1 N–H and O–H groups in total. The number of benzene rings is 1. The summed E-state index contributed by atoms with van der Waals surface area (Å²) in [7, 11) is 1.78. The van der Waals surface area contributed by atoms with E-state index in [1.54, 1.807) is 11.9 Å². The second-order valence-corrected chi connectivity index (χ2v) is 11.3. The van der Waals surface area contributed by atoms with Gasteiger partial charge >= 0.3 is 0 Å². The average Bonchev–Trinajstić information content (AvgIpc) is 3.08. The van der Waals surface area contributed by atoms with Crippen LogP contribution < -0.4 is 5.32 Å². The molecule has 1 aliphatic carbocycles. The predicted octanol–water partition coefficient (Wildman–Crippen LogP) is 3.89. The highest BCUT2D eigenvalue weighted by atomic mass is 16.2. The third-order valence-electron chi connectivity index (χ3n) is 7.84. The molecule has 3 aliphatic rings. The third-order valence-corrected chi connectivity index (χ3v) is 7.84. The molecule has 2 saturated heterocycles. The summed E-state index contributed by atoms with van der Waals surface area (Å²) in [6, 6.07) is 8.82. The molecule has 0 radical (unpaired) electrons. The van der Waals surface area contributed by atoms with Gasteiger partial charge in [-0.1, -0.05) is 45.0 Å². The SMILES string of the molecule is CN1CC(C(=O)N[C@@H]2CCC3(CCN(CCC(C)(C)C)CC3)c3ccccc32)CC1=O. The molecule has 4 rings (SSSR count). The highest BCUT2D eigenvalue weighted by Gasteiger charge is 2.43. The van der Waals surface area contributed by atoms with Crippen molar-refractivity contribution in [2.45, 2.75) is 70.8 Å². The first-order valence-electron chi connectivity index (χ1n) is 12.0. The van der Waals surface area contributed by atoms with E-state index in [0.717, 1.165) is 25.9 Å². The largest absolute Gasteiger partial charge is 0.349 e. The number of nitrogens with zero attached hydrogens (tertiary/aromatic N) is 2. The van der Waals surface area contributed by atoms with E-state index in [1.807, 2.05) is 0 Å². The molecule has 2 atom stereocenters. The summed E-state index contributed by atoms with van der Waals surface area (Å²) in [6.07, 6.45) is 6.11. The Labute approximate surface area is 187 Å². The van der Waals surface area contributed by atoms with Crippen LogP contribution in [-0.4, -0.2) is 54.8 Å². The lowest BCUT2D eigenvalue weighted by molar-refractivity contribution is -0.128. The first-order valence-corrected chi connectivity index (χ1v) is 12.0. The Kier molecular flexibility index (Phi) is 6.17. The lowest BCUT2D eigenvalue weighted by atomic mass is 9.63. The first kappa shape index (κ1) is 22.3. The molecule has 1 aromatic carbocycles. The van der Waals surface area contributed by atoms with E-state index in [4.69, 9.17) is 0 Å². The summed E-state index contributed by atoms with van der Waals surface area (Å²) in [6.45, 7) is 11.0. The van der Waals surface area contributed by atoms with Crippen LogP contribution in [0.3, 0.4) is 0 Å². The van der Waals surface area contributed by atoms with Crippen LogP contribution in [0.4, 0.5) is 0 Å². The summed E-state index contributed by atoms with van der Waals surface area (Å²) in [5.41, 5.74) is 3.38. The standard InChI is InChI=1S/C26H39N3O2/c1-25(2,3)11-14-29-15-12-26(13-16-29)10-9-22(20-7-5-6-8-21(20)26)27-24(31)19-17-23(30)28(4)18-19/h5-8,19,22H,9-18H2,1-4H3,(H,27,31)/t19?,22-/m1/s1. The number of fused-ring (bicyclic) bond motifs is 2. The number of nitrogens with one attached hydrogen (secondary N) is 1. The number of carbonyl (C=O) groups is 2. The van der Waals surface area contributed by atoms with Gasteiger partial charge in [-0.25, -0.2) is 0 Å². The fraction of sp³-hybridized carbons (Fsp3) is 0.692.